The Morgan fingerprint density at radius 2 is 1.76 bits per heavy atom. The Labute approximate surface area is 116 Å². The lowest BCUT2D eigenvalue weighted by molar-refractivity contribution is 0.332. The van der Waals surface area contributed by atoms with Gasteiger partial charge in [0.15, 0.2) is 0 Å². The molecule has 102 valence electrons. The molecule has 0 atom stereocenters. The van der Waals surface area contributed by atoms with Crippen molar-refractivity contribution in [3.63, 3.8) is 0 Å². The molecule has 0 bridgehead atoms. The number of thioether (sulfide) groups is 1. The minimum Gasteiger partial charge on any atom is -0.229 e. The zero-order valence-corrected chi connectivity index (χ0v) is 13.2. The highest BCUT2D eigenvalue weighted by Crippen LogP contribution is 2.38. The SMILES string of the molecule is CS(=O)(=O)CCSCC1(CS)CCCCCC1. The summed E-state index contributed by atoms with van der Waals surface area (Å²) in [6, 6.07) is 0. The highest BCUT2D eigenvalue weighted by molar-refractivity contribution is 8.00. The quantitative estimate of drug-likeness (QED) is 0.465. The van der Waals surface area contributed by atoms with E-state index in [1.54, 1.807) is 11.8 Å². The van der Waals surface area contributed by atoms with Gasteiger partial charge >= 0.3 is 0 Å². The maximum absolute atomic E-state index is 11.1. The van der Waals surface area contributed by atoms with E-state index < -0.39 is 9.84 Å². The van der Waals surface area contributed by atoms with E-state index in [0.29, 0.717) is 11.2 Å². The molecule has 0 unspecified atom stereocenters. The summed E-state index contributed by atoms with van der Waals surface area (Å²) in [7, 11) is -2.80. The maximum Gasteiger partial charge on any atom is 0.148 e. The van der Waals surface area contributed by atoms with Crippen LogP contribution in [-0.4, -0.2) is 37.7 Å². The molecular weight excluding hydrogens is 272 g/mol. The van der Waals surface area contributed by atoms with Crippen molar-refractivity contribution in [2.24, 2.45) is 5.41 Å². The standard InChI is InChI=1S/C12H24O2S3/c1-17(13,14)9-8-16-11-12(10-15)6-4-2-3-5-7-12/h15H,2-11H2,1H3. The zero-order valence-electron chi connectivity index (χ0n) is 10.7. The van der Waals surface area contributed by atoms with E-state index >= 15 is 0 Å². The highest BCUT2D eigenvalue weighted by Gasteiger charge is 2.29. The molecule has 0 N–H and O–H groups in total. The molecule has 1 saturated carbocycles. The van der Waals surface area contributed by atoms with Crippen molar-refractivity contribution in [3.8, 4) is 0 Å². The normalized spacial score (nSPS) is 21.1. The van der Waals surface area contributed by atoms with E-state index in [-0.39, 0.29) is 0 Å². The van der Waals surface area contributed by atoms with Gasteiger partial charge in [0.05, 0.1) is 5.75 Å². The molecule has 1 rings (SSSR count). The number of hydrogen-bond acceptors (Lipinski definition) is 4. The highest BCUT2D eigenvalue weighted by atomic mass is 32.2. The van der Waals surface area contributed by atoms with Crippen LogP contribution in [0.25, 0.3) is 0 Å². The topological polar surface area (TPSA) is 34.1 Å². The molecule has 0 aromatic heterocycles. The summed E-state index contributed by atoms with van der Waals surface area (Å²) >= 11 is 6.32. The maximum atomic E-state index is 11.1. The molecule has 17 heavy (non-hydrogen) atoms. The Morgan fingerprint density at radius 3 is 2.24 bits per heavy atom. The van der Waals surface area contributed by atoms with E-state index in [1.807, 2.05) is 0 Å². The summed E-state index contributed by atoms with van der Waals surface area (Å²) in [5.74, 6) is 3.06. The fourth-order valence-electron chi connectivity index (χ4n) is 2.33. The summed E-state index contributed by atoms with van der Waals surface area (Å²) in [6.45, 7) is 0. The van der Waals surface area contributed by atoms with E-state index in [2.05, 4.69) is 12.6 Å². The van der Waals surface area contributed by atoms with Crippen LogP contribution in [0.3, 0.4) is 0 Å². The Morgan fingerprint density at radius 1 is 1.18 bits per heavy atom. The molecule has 0 heterocycles. The molecule has 1 fully saturated rings. The van der Waals surface area contributed by atoms with Crippen LogP contribution in [0.15, 0.2) is 0 Å². The third-order valence-electron chi connectivity index (χ3n) is 3.51. The smallest absolute Gasteiger partial charge is 0.148 e. The first-order chi connectivity index (χ1) is 7.97. The Balaban J connectivity index is 2.35. The van der Waals surface area contributed by atoms with Gasteiger partial charge in [0.2, 0.25) is 0 Å². The minimum absolute atomic E-state index is 0.306. The Hall–Kier alpha value is 0.650. The van der Waals surface area contributed by atoms with Crippen molar-refractivity contribution in [2.75, 3.05) is 29.3 Å². The lowest BCUT2D eigenvalue weighted by Gasteiger charge is -2.30. The average Bonchev–Trinajstić information content (AvgIpc) is 2.49. The van der Waals surface area contributed by atoms with Crippen molar-refractivity contribution in [1.29, 1.82) is 0 Å². The molecule has 5 heteroatoms. The molecule has 0 spiro atoms. The molecule has 0 saturated heterocycles. The lowest BCUT2D eigenvalue weighted by Crippen LogP contribution is -2.26. The van der Waals surface area contributed by atoms with E-state index in [4.69, 9.17) is 0 Å². The van der Waals surface area contributed by atoms with Gasteiger partial charge in [-0.05, 0) is 29.8 Å². The molecule has 0 aliphatic heterocycles. The van der Waals surface area contributed by atoms with E-state index in [1.165, 1.54) is 44.8 Å². The third kappa shape index (κ3) is 6.39. The molecule has 0 aromatic rings. The fraction of sp³-hybridized carbons (Fsp3) is 1.00. The summed E-state index contributed by atoms with van der Waals surface area (Å²) < 4.78 is 22.1. The largest absolute Gasteiger partial charge is 0.229 e. The fourth-order valence-corrected chi connectivity index (χ4v) is 5.56. The predicted octanol–water partition coefficient (Wildman–Crippen LogP) is 3.03. The number of hydrogen-bond donors (Lipinski definition) is 1. The van der Waals surface area contributed by atoms with Crippen molar-refractivity contribution >= 4 is 34.2 Å². The van der Waals surface area contributed by atoms with Gasteiger partial charge in [-0.25, -0.2) is 8.42 Å². The van der Waals surface area contributed by atoms with Crippen LogP contribution in [0.5, 0.6) is 0 Å². The molecular formula is C12H24O2S3. The molecule has 0 aromatic carbocycles. The van der Waals surface area contributed by atoms with Crippen LogP contribution in [-0.2, 0) is 9.84 Å². The van der Waals surface area contributed by atoms with Crippen LogP contribution < -0.4 is 0 Å². The van der Waals surface area contributed by atoms with Crippen LogP contribution >= 0.6 is 24.4 Å². The minimum atomic E-state index is -2.80. The van der Waals surface area contributed by atoms with Crippen LogP contribution in [0, 0.1) is 5.41 Å². The monoisotopic (exact) mass is 296 g/mol. The molecule has 0 radical (unpaired) electrons. The zero-order chi connectivity index (χ0) is 12.8. The van der Waals surface area contributed by atoms with Gasteiger partial charge in [-0.2, -0.15) is 24.4 Å². The first-order valence-corrected chi connectivity index (χ1v) is 10.2. The second-order valence-electron chi connectivity index (χ2n) is 5.25. The van der Waals surface area contributed by atoms with Gasteiger partial charge in [-0.1, -0.05) is 25.7 Å². The van der Waals surface area contributed by atoms with E-state index in [9.17, 15) is 8.42 Å². The van der Waals surface area contributed by atoms with Crippen LogP contribution in [0.4, 0.5) is 0 Å². The van der Waals surface area contributed by atoms with Gasteiger partial charge in [-0.3, -0.25) is 0 Å². The second-order valence-corrected chi connectivity index (χ2v) is 8.94. The van der Waals surface area contributed by atoms with Crippen molar-refractivity contribution < 1.29 is 8.42 Å². The molecule has 0 amide bonds. The molecule has 1 aliphatic rings. The summed E-state index contributed by atoms with van der Waals surface area (Å²) in [5, 5.41) is 0. The Kier molecular flexibility index (Phi) is 6.74. The predicted molar refractivity (Wildman–Crippen MR) is 81.0 cm³/mol. The summed E-state index contributed by atoms with van der Waals surface area (Å²) in [6.07, 6.45) is 9.17. The third-order valence-corrected chi connectivity index (χ3v) is 6.69. The average molecular weight is 297 g/mol. The summed E-state index contributed by atoms with van der Waals surface area (Å²) in [4.78, 5) is 0. The van der Waals surface area contributed by atoms with Gasteiger partial charge in [0, 0.05) is 12.0 Å². The second kappa shape index (κ2) is 7.29. The molecule has 2 nitrogen and oxygen atoms in total. The van der Waals surface area contributed by atoms with E-state index in [0.717, 1.165) is 17.3 Å². The van der Waals surface area contributed by atoms with Gasteiger partial charge in [0.1, 0.15) is 9.84 Å². The van der Waals surface area contributed by atoms with Gasteiger partial charge in [-0.15, -0.1) is 0 Å². The first kappa shape index (κ1) is 15.7. The first-order valence-electron chi connectivity index (χ1n) is 6.34. The lowest BCUT2D eigenvalue weighted by atomic mass is 9.84. The van der Waals surface area contributed by atoms with Crippen molar-refractivity contribution in [3.05, 3.63) is 0 Å². The molecule has 1 aliphatic carbocycles. The van der Waals surface area contributed by atoms with Crippen molar-refractivity contribution in [1.82, 2.24) is 0 Å². The number of rotatable bonds is 6. The van der Waals surface area contributed by atoms with Crippen molar-refractivity contribution in [2.45, 2.75) is 38.5 Å². The van der Waals surface area contributed by atoms with Crippen LogP contribution in [0.2, 0.25) is 0 Å². The van der Waals surface area contributed by atoms with Gasteiger partial charge in [0.25, 0.3) is 0 Å². The number of sulfone groups is 1. The number of thiol groups is 1. The summed E-state index contributed by atoms with van der Waals surface area (Å²) in [5.41, 5.74) is 0.363. The van der Waals surface area contributed by atoms with Gasteiger partial charge < -0.3 is 0 Å². The van der Waals surface area contributed by atoms with Crippen LogP contribution in [0.1, 0.15) is 38.5 Å². The Bertz CT molecular complexity index is 304.